The first-order chi connectivity index (χ1) is 13.2. The van der Waals surface area contributed by atoms with Crippen molar-refractivity contribution in [1.82, 2.24) is 24.9 Å². The number of nitrogens with one attached hydrogen (secondary N) is 1. The fourth-order valence-electron chi connectivity index (χ4n) is 2.92. The molecule has 0 aliphatic carbocycles. The Labute approximate surface area is 155 Å². The molecule has 1 aliphatic rings. The van der Waals surface area contributed by atoms with E-state index < -0.39 is 0 Å². The van der Waals surface area contributed by atoms with Gasteiger partial charge in [0, 0.05) is 44.3 Å². The van der Waals surface area contributed by atoms with Gasteiger partial charge in [0.25, 0.3) is 0 Å². The molecule has 0 unspecified atom stereocenters. The van der Waals surface area contributed by atoms with Gasteiger partial charge >= 0.3 is 6.03 Å². The molecule has 0 saturated carbocycles. The summed E-state index contributed by atoms with van der Waals surface area (Å²) >= 11 is 0. The van der Waals surface area contributed by atoms with E-state index in [1.54, 1.807) is 34.1 Å². The molecule has 0 bridgehead atoms. The van der Waals surface area contributed by atoms with Crippen LogP contribution in [0.15, 0.2) is 54.9 Å². The Morgan fingerprint density at radius 2 is 1.78 bits per heavy atom. The van der Waals surface area contributed by atoms with Gasteiger partial charge < -0.3 is 15.1 Å². The van der Waals surface area contributed by atoms with E-state index in [0.29, 0.717) is 37.7 Å². The quantitative estimate of drug-likeness (QED) is 0.767. The van der Waals surface area contributed by atoms with E-state index in [2.05, 4.69) is 25.5 Å². The van der Waals surface area contributed by atoms with Crippen LogP contribution in [0.4, 0.5) is 20.7 Å². The van der Waals surface area contributed by atoms with Crippen molar-refractivity contribution in [3.63, 3.8) is 0 Å². The van der Waals surface area contributed by atoms with E-state index in [4.69, 9.17) is 0 Å². The lowest BCUT2D eigenvalue weighted by Crippen LogP contribution is -2.50. The molecule has 2 amide bonds. The maximum atomic E-state index is 13.2. The zero-order valence-corrected chi connectivity index (χ0v) is 14.5. The smallest absolute Gasteiger partial charge is 0.321 e. The standard InChI is InChI=1S/C18H18FN7O/c19-14-3-1-4-15(13-14)21-18(27)25-11-9-24(10-12-25)16-5-6-17(23-22-16)26-8-2-7-20-26/h1-8,13H,9-12H2,(H,21,27). The van der Waals surface area contributed by atoms with Crippen LogP contribution in [0.1, 0.15) is 0 Å². The second kappa shape index (κ2) is 7.40. The molecule has 1 fully saturated rings. The van der Waals surface area contributed by atoms with Crippen LogP contribution < -0.4 is 10.2 Å². The number of benzene rings is 1. The van der Waals surface area contributed by atoms with Crippen LogP contribution in [0.3, 0.4) is 0 Å². The highest BCUT2D eigenvalue weighted by atomic mass is 19.1. The second-order valence-electron chi connectivity index (χ2n) is 6.11. The number of urea groups is 1. The molecule has 0 radical (unpaired) electrons. The number of carbonyl (C=O) groups excluding carboxylic acids is 1. The van der Waals surface area contributed by atoms with E-state index >= 15 is 0 Å². The number of halogens is 1. The van der Waals surface area contributed by atoms with Gasteiger partial charge in [-0.3, -0.25) is 0 Å². The minimum absolute atomic E-state index is 0.236. The van der Waals surface area contributed by atoms with Crippen molar-refractivity contribution >= 4 is 17.5 Å². The van der Waals surface area contributed by atoms with E-state index in [9.17, 15) is 9.18 Å². The lowest BCUT2D eigenvalue weighted by atomic mass is 10.3. The van der Waals surface area contributed by atoms with Gasteiger partial charge in [-0.1, -0.05) is 6.07 Å². The molecule has 0 spiro atoms. The van der Waals surface area contributed by atoms with Gasteiger partial charge in [0.2, 0.25) is 0 Å². The van der Waals surface area contributed by atoms with Crippen LogP contribution in [-0.2, 0) is 0 Å². The van der Waals surface area contributed by atoms with Crippen LogP contribution >= 0.6 is 0 Å². The van der Waals surface area contributed by atoms with Gasteiger partial charge in [0.15, 0.2) is 11.6 Å². The van der Waals surface area contributed by atoms with Gasteiger partial charge in [-0.2, -0.15) is 5.10 Å². The number of amides is 2. The average molecular weight is 367 g/mol. The normalized spacial score (nSPS) is 14.3. The summed E-state index contributed by atoms with van der Waals surface area (Å²) in [5, 5.41) is 15.3. The zero-order valence-electron chi connectivity index (χ0n) is 14.5. The fourth-order valence-corrected chi connectivity index (χ4v) is 2.92. The summed E-state index contributed by atoms with van der Waals surface area (Å²) in [6, 6.07) is 11.2. The summed E-state index contributed by atoms with van der Waals surface area (Å²) in [7, 11) is 0. The number of aromatic nitrogens is 4. The molecular weight excluding hydrogens is 349 g/mol. The number of piperazine rings is 1. The highest BCUT2D eigenvalue weighted by Crippen LogP contribution is 2.15. The molecule has 2 aromatic heterocycles. The highest BCUT2D eigenvalue weighted by molar-refractivity contribution is 5.89. The third-order valence-electron chi connectivity index (χ3n) is 4.34. The lowest BCUT2D eigenvalue weighted by molar-refractivity contribution is 0.208. The molecule has 3 heterocycles. The van der Waals surface area contributed by atoms with E-state index in [0.717, 1.165) is 5.82 Å². The van der Waals surface area contributed by atoms with Gasteiger partial charge in [-0.25, -0.2) is 13.9 Å². The van der Waals surface area contributed by atoms with E-state index in [1.807, 2.05) is 18.2 Å². The summed E-state index contributed by atoms with van der Waals surface area (Å²) in [6.45, 7) is 2.38. The Bertz CT molecular complexity index is 906. The number of anilines is 2. The van der Waals surface area contributed by atoms with Gasteiger partial charge in [0.05, 0.1) is 0 Å². The Kier molecular flexibility index (Phi) is 4.65. The number of nitrogens with zero attached hydrogens (tertiary/aromatic N) is 6. The van der Waals surface area contributed by atoms with Crippen LogP contribution in [0.5, 0.6) is 0 Å². The molecule has 1 N–H and O–H groups in total. The predicted molar refractivity (Wildman–Crippen MR) is 98.4 cm³/mol. The summed E-state index contributed by atoms with van der Waals surface area (Å²) in [5.41, 5.74) is 0.447. The first kappa shape index (κ1) is 17.0. The molecule has 1 aromatic carbocycles. The Balaban J connectivity index is 1.34. The molecule has 9 heteroatoms. The minimum Gasteiger partial charge on any atom is -0.352 e. The number of hydrogen-bond acceptors (Lipinski definition) is 5. The SMILES string of the molecule is O=C(Nc1cccc(F)c1)N1CCN(c2ccc(-n3cccn3)nn2)CC1. The van der Waals surface area contributed by atoms with Crippen molar-refractivity contribution in [3.8, 4) is 5.82 Å². The molecule has 138 valence electrons. The lowest BCUT2D eigenvalue weighted by Gasteiger charge is -2.35. The van der Waals surface area contributed by atoms with Crippen LogP contribution in [0.2, 0.25) is 0 Å². The third kappa shape index (κ3) is 3.86. The van der Waals surface area contributed by atoms with E-state index in [1.165, 1.54) is 12.1 Å². The maximum Gasteiger partial charge on any atom is 0.321 e. The van der Waals surface area contributed by atoms with Crippen LogP contribution in [0, 0.1) is 5.82 Å². The first-order valence-corrected chi connectivity index (χ1v) is 8.59. The molecule has 3 aromatic rings. The monoisotopic (exact) mass is 367 g/mol. The van der Waals surface area contributed by atoms with Gasteiger partial charge in [-0.05, 0) is 36.4 Å². The molecule has 4 rings (SSSR count). The molecular formula is C18H18FN7O. The predicted octanol–water partition coefficient (Wildman–Crippen LogP) is 2.16. The van der Waals surface area contributed by atoms with Crippen molar-refractivity contribution in [2.24, 2.45) is 0 Å². The molecule has 8 nitrogen and oxygen atoms in total. The van der Waals surface area contributed by atoms with E-state index in [-0.39, 0.29) is 11.8 Å². The van der Waals surface area contributed by atoms with Gasteiger partial charge in [-0.15, -0.1) is 10.2 Å². The number of carbonyl (C=O) groups is 1. The van der Waals surface area contributed by atoms with Crippen molar-refractivity contribution in [2.45, 2.75) is 0 Å². The Morgan fingerprint density at radius 1 is 1.00 bits per heavy atom. The van der Waals surface area contributed by atoms with Crippen molar-refractivity contribution in [1.29, 1.82) is 0 Å². The summed E-state index contributed by atoms with van der Waals surface area (Å²) in [4.78, 5) is 16.1. The molecule has 27 heavy (non-hydrogen) atoms. The third-order valence-corrected chi connectivity index (χ3v) is 4.34. The topological polar surface area (TPSA) is 79.2 Å². The molecule has 1 aliphatic heterocycles. The zero-order chi connectivity index (χ0) is 18.6. The fraction of sp³-hybridized carbons (Fsp3) is 0.222. The van der Waals surface area contributed by atoms with Crippen molar-refractivity contribution in [3.05, 3.63) is 60.7 Å². The summed E-state index contributed by atoms with van der Waals surface area (Å²) in [5.74, 6) is 1.03. The summed E-state index contributed by atoms with van der Waals surface area (Å²) in [6.07, 6.45) is 3.49. The molecule has 1 saturated heterocycles. The van der Waals surface area contributed by atoms with Gasteiger partial charge in [0.1, 0.15) is 5.82 Å². The van der Waals surface area contributed by atoms with Crippen LogP contribution in [-0.4, -0.2) is 57.1 Å². The summed E-state index contributed by atoms with van der Waals surface area (Å²) < 4.78 is 14.9. The average Bonchev–Trinajstić information content (AvgIpc) is 3.23. The number of hydrogen-bond donors (Lipinski definition) is 1. The maximum absolute atomic E-state index is 13.2. The number of rotatable bonds is 3. The largest absolute Gasteiger partial charge is 0.352 e. The van der Waals surface area contributed by atoms with Crippen molar-refractivity contribution < 1.29 is 9.18 Å². The molecule has 0 atom stereocenters. The Hall–Kier alpha value is -3.49. The van der Waals surface area contributed by atoms with Crippen molar-refractivity contribution in [2.75, 3.05) is 36.4 Å². The Morgan fingerprint density at radius 3 is 2.44 bits per heavy atom. The van der Waals surface area contributed by atoms with Crippen LogP contribution in [0.25, 0.3) is 5.82 Å². The highest BCUT2D eigenvalue weighted by Gasteiger charge is 2.22. The second-order valence-corrected chi connectivity index (χ2v) is 6.11. The minimum atomic E-state index is -0.380. The first-order valence-electron chi connectivity index (χ1n) is 8.59.